The van der Waals surface area contributed by atoms with Crippen molar-refractivity contribution in [2.75, 3.05) is 0 Å². The van der Waals surface area contributed by atoms with Crippen LogP contribution in [0.4, 0.5) is 0 Å². The molecule has 0 bridgehead atoms. The van der Waals surface area contributed by atoms with E-state index in [2.05, 4.69) is 44.4 Å². The Morgan fingerprint density at radius 2 is 1.00 bits per heavy atom. The number of ether oxygens (including phenoxy) is 2. The van der Waals surface area contributed by atoms with E-state index < -0.39 is 21.8 Å². The topological polar surface area (TPSA) is 82.9 Å². The maximum atomic E-state index is 6.42. The molecule has 0 saturated heterocycles. The van der Waals surface area contributed by atoms with Crippen molar-refractivity contribution < 1.29 is 9.47 Å². The molecule has 7 aromatic rings. The molecule has 0 saturated carbocycles. The summed E-state index contributed by atoms with van der Waals surface area (Å²) in [6.45, 7) is 0. The van der Waals surface area contributed by atoms with Crippen molar-refractivity contribution in [3.8, 4) is 56.6 Å². The van der Waals surface area contributed by atoms with E-state index in [1.165, 1.54) is 17.7 Å². The van der Waals surface area contributed by atoms with Crippen molar-refractivity contribution in [1.29, 1.82) is 0 Å². The average Bonchev–Trinajstić information content (AvgIpc) is 3.42. The third-order valence-electron chi connectivity index (χ3n) is 7.44. The zero-order valence-corrected chi connectivity index (χ0v) is 27.3. The quantitative estimate of drug-likeness (QED) is 0.182. The molecule has 0 N–H and O–H groups in total. The Kier molecular flexibility index (Phi) is 7.25. The SMILES string of the molecule is c1ccc(-c2cccc(Oc3ccc4[c](c3)[Bi]([c]3nccnn3)[c]3cc(Oc5cccc(-c6ccccn6)c5)ccc3-4)c2)nc1. The Hall–Kier alpha value is -5.33. The third-order valence-corrected chi connectivity index (χ3v) is 16.4. The van der Waals surface area contributed by atoms with E-state index >= 15 is 0 Å². The van der Waals surface area contributed by atoms with E-state index in [4.69, 9.17) is 14.5 Å². The van der Waals surface area contributed by atoms with Gasteiger partial charge in [0, 0.05) is 0 Å². The van der Waals surface area contributed by atoms with Gasteiger partial charge in [-0.05, 0) is 0 Å². The summed E-state index contributed by atoms with van der Waals surface area (Å²) in [5.74, 6) is 3.04. The molecule has 0 unspecified atom stereocenters. The molecule has 1 aliphatic heterocycles. The van der Waals surface area contributed by atoms with Gasteiger partial charge in [0.05, 0.1) is 0 Å². The molecule has 1 aliphatic rings. The first-order valence-electron chi connectivity index (χ1n) is 14.4. The van der Waals surface area contributed by atoms with Gasteiger partial charge in [0.15, 0.2) is 0 Å². The first-order chi connectivity index (χ1) is 22.3. The van der Waals surface area contributed by atoms with E-state index in [0.29, 0.717) is 0 Å². The monoisotopic (exact) mass is 779 g/mol. The molecule has 8 heteroatoms. The summed E-state index contributed by atoms with van der Waals surface area (Å²) >= 11 is -2.95. The van der Waals surface area contributed by atoms with Gasteiger partial charge in [-0.15, -0.1) is 0 Å². The third kappa shape index (κ3) is 5.57. The molecule has 0 spiro atoms. The Balaban J connectivity index is 1.13. The minimum absolute atomic E-state index is 0.751. The Morgan fingerprint density at radius 1 is 0.444 bits per heavy atom. The van der Waals surface area contributed by atoms with Gasteiger partial charge >= 0.3 is 269 Å². The fourth-order valence-corrected chi connectivity index (χ4v) is 14.8. The van der Waals surface area contributed by atoms with E-state index in [1.54, 1.807) is 24.8 Å². The van der Waals surface area contributed by atoms with Crippen LogP contribution in [0.25, 0.3) is 33.6 Å². The second-order valence-electron chi connectivity index (χ2n) is 10.3. The van der Waals surface area contributed by atoms with Crippen molar-refractivity contribution in [2.45, 2.75) is 0 Å². The predicted octanol–water partition coefficient (Wildman–Crippen LogP) is 6.08. The van der Waals surface area contributed by atoms with Crippen molar-refractivity contribution in [1.82, 2.24) is 25.1 Å². The number of fused-ring (bicyclic) bond motifs is 3. The van der Waals surface area contributed by atoms with Crippen molar-refractivity contribution in [2.24, 2.45) is 0 Å². The Bertz CT molecular complexity index is 1990. The number of nitrogens with zero attached hydrogens (tertiary/aromatic N) is 5. The number of rotatable bonds is 7. The fourth-order valence-electron chi connectivity index (χ4n) is 5.44. The summed E-state index contributed by atoms with van der Waals surface area (Å²) in [5, 5.41) is 8.71. The molecule has 214 valence electrons. The van der Waals surface area contributed by atoms with Gasteiger partial charge in [0.2, 0.25) is 0 Å². The molecule has 4 aromatic carbocycles. The first kappa shape index (κ1) is 27.2. The Labute approximate surface area is 267 Å². The standard InChI is InChI=1S/C34H22N2O2.C3H2N3.Bi/c1-3-21-35-33(11-1)27-7-5-9-31(23-27)37-29-17-13-25(14-18-29)26-15-19-30(20-16-26)38-32-10-6-8-28(24-32)34-12-2-4-22-36-34;1-2-5-6-3-4-1;/h1-13,15,17-24H;1-2H;. The zero-order valence-electron chi connectivity index (χ0n) is 23.9. The molecule has 7 nitrogen and oxygen atoms in total. The molecular weight excluding hydrogens is 755 g/mol. The molecule has 45 heavy (non-hydrogen) atoms. The minimum atomic E-state index is -2.95. The van der Waals surface area contributed by atoms with Crippen molar-refractivity contribution >= 4 is 31.8 Å². The summed E-state index contributed by atoms with van der Waals surface area (Å²) in [6, 6.07) is 40.5. The van der Waals surface area contributed by atoms with Gasteiger partial charge in [0.1, 0.15) is 0 Å². The van der Waals surface area contributed by atoms with Crippen LogP contribution < -0.4 is 19.5 Å². The molecule has 0 radical (unpaired) electrons. The maximum absolute atomic E-state index is 6.42. The van der Waals surface area contributed by atoms with Crippen LogP contribution in [-0.4, -0.2) is 46.9 Å². The fraction of sp³-hybridized carbons (Fsp3) is 0. The molecule has 0 aliphatic carbocycles. The summed E-state index contributed by atoms with van der Waals surface area (Å²) in [7, 11) is 0. The van der Waals surface area contributed by atoms with Crippen molar-refractivity contribution in [3.05, 3.63) is 146 Å². The van der Waals surface area contributed by atoms with Crippen LogP contribution in [0.1, 0.15) is 0 Å². The van der Waals surface area contributed by atoms with Crippen LogP contribution >= 0.6 is 0 Å². The van der Waals surface area contributed by atoms with Crippen LogP contribution in [0.5, 0.6) is 23.0 Å². The summed E-state index contributed by atoms with van der Waals surface area (Å²) in [5.41, 5.74) is 6.18. The van der Waals surface area contributed by atoms with Gasteiger partial charge in [-0.25, -0.2) is 0 Å². The molecule has 0 atom stereocenters. The molecule has 8 rings (SSSR count). The van der Waals surface area contributed by atoms with Crippen LogP contribution in [0, 0.1) is 0 Å². The predicted molar refractivity (Wildman–Crippen MR) is 176 cm³/mol. The van der Waals surface area contributed by atoms with Crippen LogP contribution in [0.15, 0.2) is 146 Å². The van der Waals surface area contributed by atoms with Gasteiger partial charge in [0.25, 0.3) is 0 Å². The molecule has 0 fully saturated rings. The number of benzene rings is 4. The van der Waals surface area contributed by atoms with Gasteiger partial charge < -0.3 is 0 Å². The number of aromatic nitrogens is 5. The Morgan fingerprint density at radius 3 is 1.49 bits per heavy atom. The molecule has 4 heterocycles. The number of hydrogen-bond acceptors (Lipinski definition) is 7. The summed E-state index contributed by atoms with van der Waals surface area (Å²) in [6.07, 6.45) is 6.93. The van der Waals surface area contributed by atoms with Gasteiger partial charge in [-0.1, -0.05) is 0 Å². The number of hydrogen-bond donors (Lipinski definition) is 0. The van der Waals surface area contributed by atoms with E-state index in [-0.39, 0.29) is 0 Å². The molecule has 3 aromatic heterocycles. The van der Waals surface area contributed by atoms with Crippen LogP contribution in [-0.2, 0) is 0 Å². The normalized spacial score (nSPS) is 11.9. The first-order valence-corrected chi connectivity index (χ1v) is 19.6. The molecule has 0 amide bonds. The zero-order chi connectivity index (χ0) is 30.0. The average molecular weight is 780 g/mol. The van der Waals surface area contributed by atoms with Crippen molar-refractivity contribution in [3.63, 3.8) is 0 Å². The summed E-state index contributed by atoms with van der Waals surface area (Å²) < 4.78 is 16.2. The molecular formula is C37H24BiN5O2. The van der Waals surface area contributed by atoms with E-state index in [0.717, 1.165) is 49.0 Å². The van der Waals surface area contributed by atoms with E-state index in [1.807, 2.05) is 97.1 Å². The van der Waals surface area contributed by atoms with Crippen LogP contribution in [0.3, 0.4) is 0 Å². The second-order valence-corrected chi connectivity index (χ2v) is 18.2. The summed E-state index contributed by atoms with van der Waals surface area (Å²) in [4.78, 5) is 13.7. The van der Waals surface area contributed by atoms with E-state index in [9.17, 15) is 0 Å². The van der Waals surface area contributed by atoms with Crippen LogP contribution in [0.2, 0.25) is 0 Å². The second kappa shape index (κ2) is 12.0. The number of pyridine rings is 2. The van der Waals surface area contributed by atoms with Gasteiger partial charge in [-0.2, -0.15) is 0 Å². The van der Waals surface area contributed by atoms with Gasteiger partial charge in [-0.3, -0.25) is 0 Å².